The van der Waals surface area contributed by atoms with Crippen LogP contribution in [0.15, 0.2) is 35.0 Å². The van der Waals surface area contributed by atoms with Crippen molar-refractivity contribution in [2.45, 2.75) is 13.1 Å². The summed E-state index contributed by atoms with van der Waals surface area (Å²) in [4.78, 5) is 11.4. The molecule has 0 amide bonds. The van der Waals surface area contributed by atoms with Gasteiger partial charge in [0.25, 0.3) is 0 Å². The molecule has 0 bridgehead atoms. The van der Waals surface area contributed by atoms with E-state index < -0.39 is 5.97 Å². The van der Waals surface area contributed by atoms with Gasteiger partial charge in [-0.05, 0) is 6.07 Å². The van der Waals surface area contributed by atoms with E-state index in [1.807, 2.05) is 13.1 Å². The zero-order valence-electron chi connectivity index (χ0n) is 11.4. The Bertz CT molecular complexity index is 790. The molecule has 2 heterocycles. The fourth-order valence-corrected chi connectivity index (χ4v) is 2.21. The number of fused-ring (bicyclic) bond motifs is 1. The normalized spacial score (nSPS) is 11.1. The van der Waals surface area contributed by atoms with Crippen LogP contribution in [0.2, 0.25) is 0 Å². The van der Waals surface area contributed by atoms with Gasteiger partial charge < -0.3 is 19.4 Å². The number of carbonyl (C=O) groups is 1. The van der Waals surface area contributed by atoms with Crippen molar-refractivity contribution in [2.24, 2.45) is 7.05 Å². The van der Waals surface area contributed by atoms with Crippen LogP contribution in [-0.4, -0.2) is 25.8 Å². The lowest BCUT2D eigenvalue weighted by Crippen LogP contribution is -2.17. The summed E-state index contributed by atoms with van der Waals surface area (Å²) in [5.41, 5.74) is 0.779. The summed E-state index contributed by atoms with van der Waals surface area (Å²) in [6.45, 7) is 0.787. The van der Waals surface area contributed by atoms with Crippen LogP contribution >= 0.6 is 0 Å². The van der Waals surface area contributed by atoms with E-state index >= 15 is 0 Å². The van der Waals surface area contributed by atoms with Gasteiger partial charge in [-0.25, -0.2) is 4.79 Å². The maximum absolute atomic E-state index is 11.4. The molecule has 108 valence electrons. The number of carboxylic acid groups (broad SMARTS) is 1. The van der Waals surface area contributed by atoms with Crippen molar-refractivity contribution in [1.82, 2.24) is 20.1 Å². The molecule has 0 spiro atoms. The van der Waals surface area contributed by atoms with Gasteiger partial charge in [-0.1, -0.05) is 18.2 Å². The Hall–Kier alpha value is -2.67. The fraction of sp³-hybridized carbons (Fsp3) is 0.214. The summed E-state index contributed by atoms with van der Waals surface area (Å²) < 4.78 is 7.42. The molecule has 3 rings (SSSR count). The van der Waals surface area contributed by atoms with Crippen LogP contribution in [0.4, 0.5) is 0 Å². The van der Waals surface area contributed by atoms with Crippen LogP contribution in [0, 0.1) is 0 Å². The lowest BCUT2D eigenvalue weighted by Gasteiger charge is -2.03. The number of benzene rings is 1. The van der Waals surface area contributed by atoms with Crippen LogP contribution in [-0.2, 0) is 20.1 Å². The zero-order chi connectivity index (χ0) is 14.8. The predicted octanol–water partition coefficient (Wildman–Crippen LogP) is 1.55. The molecular formula is C14H14N4O3. The van der Waals surface area contributed by atoms with Crippen LogP contribution < -0.4 is 5.32 Å². The second-order valence-electron chi connectivity index (χ2n) is 4.66. The van der Waals surface area contributed by atoms with E-state index in [1.54, 1.807) is 29.1 Å². The number of aryl methyl sites for hydroxylation is 1. The van der Waals surface area contributed by atoms with Gasteiger partial charge in [0.1, 0.15) is 29.1 Å². The van der Waals surface area contributed by atoms with Crippen molar-refractivity contribution in [3.8, 4) is 0 Å². The Kier molecular flexibility index (Phi) is 3.41. The first-order valence-corrected chi connectivity index (χ1v) is 6.44. The highest BCUT2D eigenvalue weighted by atomic mass is 16.4. The summed E-state index contributed by atoms with van der Waals surface area (Å²) >= 11 is 0. The summed E-state index contributed by atoms with van der Waals surface area (Å²) in [6, 6.07) is 7.11. The van der Waals surface area contributed by atoms with E-state index in [9.17, 15) is 9.90 Å². The van der Waals surface area contributed by atoms with Gasteiger partial charge in [0.15, 0.2) is 0 Å². The average Bonchev–Trinajstić information content (AvgIpc) is 3.02. The number of rotatable bonds is 5. The van der Waals surface area contributed by atoms with Crippen molar-refractivity contribution < 1.29 is 14.3 Å². The summed E-state index contributed by atoms with van der Waals surface area (Å²) in [5, 5.41) is 20.8. The Morgan fingerprint density at radius 1 is 1.38 bits per heavy atom. The maximum atomic E-state index is 11.4. The minimum absolute atomic E-state index is 0.205. The Morgan fingerprint density at radius 3 is 2.90 bits per heavy atom. The lowest BCUT2D eigenvalue weighted by atomic mass is 10.1. The van der Waals surface area contributed by atoms with Gasteiger partial charge in [-0.2, -0.15) is 0 Å². The van der Waals surface area contributed by atoms with Gasteiger partial charge in [-0.3, -0.25) is 0 Å². The molecule has 7 heteroatoms. The molecular weight excluding hydrogens is 272 g/mol. The number of aromatic nitrogens is 3. The molecule has 0 unspecified atom stereocenters. The van der Waals surface area contributed by atoms with Gasteiger partial charge in [0, 0.05) is 12.4 Å². The Morgan fingerprint density at radius 2 is 2.19 bits per heavy atom. The van der Waals surface area contributed by atoms with Crippen molar-refractivity contribution in [1.29, 1.82) is 0 Å². The van der Waals surface area contributed by atoms with Gasteiger partial charge in [-0.15, -0.1) is 10.2 Å². The van der Waals surface area contributed by atoms with Crippen LogP contribution in [0.25, 0.3) is 11.0 Å². The molecule has 0 saturated heterocycles. The lowest BCUT2D eigenvalue weighted by molar-refractivity contribution is 0.0696. The molecule has 7 nitrogen and oxygen atoms in total. The molecule has 1 aromatic carbocycles. The summed E-state index contributed by atoms with van der Waals surface area (Å²) in [7, 11) is 1.85. The average molecular weight is 286 g/mol. The highest BCUT2D eigenvalue weighted by molar-refractivity contribution is 6.03. The SMILES string of the molecule is Cn1cnnc1CNCc1oc2ccccc2c1C(=O)O. The van der Waals surface area contributed by atoms with Gasteiger partial charge >= 0.3 is 5.97 Å². The third-order valence-electron chi connectivity index (χ3n) is 3.26. The second kappa shape index (κ2) is 5.37. The quantitative estimate of drug-likeness (QED) is 0.739. The third kappa shape index (κ3) is 2.50. The largest absolute Gasteiger partial charge is 0.478 e. The molecule has 0 aliphatic rings. The van der Waals surface area contributed by atoms with Crippen molar-refractivity contribution in [3.63, 3.8) is 0 Å². The molecule has 0 fully saturated rings. The molecule has 21 heavy (non-hydrogen) atoms. The molecule has 3 aromatic rings. The molecule has 2 N–H and O–H groups in total. The number of furan rings is 1. The van der Waals surface area contributed by atoms with E-state index in [-0.39, 0.29) is 5.56 Å². The molecule has 0 atom stereocenters. The molecule has 2 aromatic heterocycles. The monoisotopic (exact) mass is 286 g/mol. The highest BCUT2D eigenvalue weighted by Crippen LogP contribution is 2.25. The first kappa shape index (κ1) is 13.3. The number of carboxylic acids is 1. The first-order valence-electron chi connectivity index (χ1n) is 6.44. The Labute approximate surface area is 120 Å². The fourth-order valence-electron chi connectivity index (χ4n) is 2.21. The number of hydrogen-bond acceptors (Lipinski definition) is 5. The van der Waals surface area contributed by atoms with E-state index in [2.05, 4.69) is 15.5 Å². The maximum Gasteiger partial charge on any atom is 0.339 e. The van der Waals surface area contributed by atoms with Crippen LogP contribution in [0.5, 0.6) is 0 Å². The predicted molar refractivity (Wildman–Crippen MR) is 74.7 cm³/mol. The summed E-state index contributed by atoms with van der Waals surface area (Å²) in [5.74, 6) is 0.185. The number of nitrogens with zero attached hydrogens (tertiary/aromatic N) is 3. The van der Waals surface area contributed by atoms with Crippen LogP contribution in [0.3, 0.4) is 0 Å². The standard InChI is InChI=1S/C14H14N4O3/c1-18-8-16-17-12(18)7-15-6-11-13(14(19)20)9-4-2-3-5-10(9)21-11/h2-5,8,15H,6-7H2,1H3,(H,19,20). The van der Waals surface area contributed by atoms with E-state index in [0.29, 0.717) is 29.8 Å². The van der Waals surface area contributed by atoms with Gasteiger partial charge in [0.05, 0.1) is 13.1 Å². The topological polar surface area (TPSA) is 93.2 Å². The first-order chi connectivity index (χ1) is 10.2. The minimum Gasteiger partial charge on any atom is -0.478 e. The molecule has 0 aliphatic heterocycles. The van der Waals surface area contributed by atoms with E-state index in [4.69, 9.17) is 4.42 Å². The second-order valence-corrected chi connectivity index (χ2v) is 4.66. The van der Waals surface area contributed by atoms with Gasteiger partial charge in [0.2, 0.25) is 0 Å². The van der Waals surface area contributed by atoms with Crippen molar-refractivity contribution >= 4 is 16.9 Å². The number of para-hydroxylation sites is 1. The number of aromatic carboxylic acids is 1. The van der Waals surface area contributed by atoms with Crippen molar-refractivity contribution in [3.05, 3.63) is 47.7 Å². The number of hydrogen-bond donors (Lipinski definition) is 2. The van der Waals surface area contributed by atoms with E-state index in [0.717, 1.165) is 5.82 Å². The highest BCUT2D eigenvalue weighted by Gasteiger charge is 2.19. The molecule has 0 saturated carbocycles. The van der Waals surface area contributed by atoms with E-state index in [1.165, 1.54) is 0 Å². The molecule has 0 aliphatic carbocycles. The Balaban J connectivity index is 1.82. The number of nitrogens with one attached hydrogen (secondary N) is 1. The van der Waals surface area contributed by atoms with Crippen molar-refractivity contribution in [2.75, 3.05) is 0 Å². The van der Waals surface area contributed by atoms with Crippen LogP contribution in [0.1, 0.15) is 21.9 Å². The molecule has 0 radical (unpaired) electrons. The minimum atomic E-state index is -0.990. The third-order valence-corrected chi connectivity index (χ3v) is 3.26. The zero-order valence-corrected chi connectivity index (χ0v) is 11.4. The summed E-state index contributed by atoms with van der Waals surface area (Å²) in [6.07, 6.45) is 1.61. The smallest absolute Gasteiger partial charge is 0.339 e.